The van der Waals surface area contributed by atoms with Crippen molar-refractivity contribution in [3.05, 3.63) is 24.3 Å². The molecule has 0 unspecified atom stereocenters. The Bertz CT molecular complexity index is 728. The lowest BCUT2D eigenvalue weighted by atomic mass is 10.2. The van der Waals surface area contributed by atoms with Gasteiger partial charge in [0.2, 0.25) is 11.8 Å². The number of urea groups is 1. The number of imide groups is 1. The molecule has 0 spiro atoms. The van der Waals surface area contributed by atoms with Crippen molar-refractivity contribution in [1.82, 2.24) is 15.5 Å². The molecule has 9 heteroatoms. The van der Waals surface area contributed by atoms with Gasteiger partial charge in [0.15, 0.2) is 0 Å². The minimum Gasteiger partial charge on any atom is -0.411 e. The Hall–Kier alpha value is -2.55. The number of aromatic nitrogens is 2. The molecule has 0 fully saturated rings. The molecule has 2 aromatic rings. The zero-order valence-electron chi connectivity index (χ0n) is 14.9. The van der Waals surface area contributed by atoms with Crippen LogP contribution in [0.2, 0.25) is 0 Å². The standard InChI is InChI=1S/C17H23N5O3S/c1-3-22(4-2)13-9-7-12(8-10-13)15-20-21-17(25-15)26-11-5-6-14(23)19-16(18)24/h7-10H,3-6,11H2,1-2H3,(H3,18,19,23,24). The third-order valence-electron chi connectivity index (χ3n) is 3.69. The van der Waals surface area contributed by atoms with Crippen molar-refractivity contribution < 1.29 is 14.0 Å². The molecule has 0 atom stereocenters. The van der Waals surface area contributed by atoms with Crippen LogP contribution < -0.4 is 16.0 Å². The lowest BCUT2D eigenvalue weighted by molar-refractivity contribution is -0.119. The second-order valence-electron chi connectivity index (χ2n) is 5.46. The molecule has 0 bridgehead atoms. The molecule has 0 aliphatic heterocycles. The summed E-state index contributed by atoms with van der Waals surface area (Å²) in [5.41, 5.74) is 6.89. The average Bonchev–Trinajstić information content (AvgIpc) is 3.09. The van der Waals surface area contributed by atoms with Gasteiger partial charge in [-0.3, -0.25) is 10.1 Å². The highest BCUT2D eigenvalue weighted by Crippen LogP contribution is 2.25. The van der Waals surface area contributed by atoms with Gasteiger partial charge in [-0.15, -0.1) is 10.2 Å². The summed E-state index contributed by atoms with van der Waals surface area (Å²) in [6.45, 7) is 6.15. The van der Waals surface area contributed by atoms with Crippen molar-refractivity contribution >= 4 is 29.4 Å². The first-order valence-electron chi connectivity index (χ1n) is 8.44. The van der Waals surface area contributed by atoms with Gasteiger partial charge in [-0.2, -0.15) is 0 Å². The van der Waals surface area contributed by atoms with Gasteiger partial charge < -0.3 is 15.1 Å². The number of carbonyl (C=O) groups is 2. The van der Waals surface area contributed by atoms with E-state index in [4.69, 9.17) is 10.2 Å². The van der Waals surface area contributed by atoms with Crippen LogP contribution in [0.4, 0.5) is 10.5 Å². The average molecular weight is 377 g/mol. The summed E-state index contributed by atoms with van der Waals surface area (Å²) in [5.74, 6) is 0.692. The van der Waals surface area contributed by atoms with Crippen molar-refractivity contribution in [3.63, 3.8) is 0 Å². The van der Waals surface area contributed by atoms with E-state index in [0.29, 0.717) is 23.3 Å². The molecule has 3 N–H and O–H groups in total. The summed E-state index contributed by atoms with van der Waals surface area (Å²) >= 11 is 1.37. The zero-order valence-corrected chi connectivity index (χ0v) is 15.7. The Kier molecular flexibility index (Phi) is 7.46. The van der Waals surface area contributed by atoms with Crippen LogP contribution in [0.5, 0.6) is 0 Å². The third kappa shape index (κ3) is 5.76. The molecule has 26 heavy (non-hydrogen) atoms. The van der Waals surface area contributed by atoms with Gasteiger partial charge in [0.25, 0.3) is 5.22 Å². The van der Waals surface area contributed by atoms with Crippen LogP contribution in [0.15, 0.2) is 33.9 Å². The lowest BCUT2D eigenvalue weighted by Crippen LogP contribution is -2.34. The molecular weight excluding hydrogens is 354 g/mol. The lowest BCUT2D eigenvalue weighted by Gasteiger charge is -2.20. The predicted octanol–water partition coefficient (Wildman–Crippen LogP) is 2.65. The number of hydrogen-bond acceptors (Lipinski definition) is 7. The maximum atomic E-state index is 11.3. The fraction of sp³-hybridized carbons (Fsp3) is 0.412. The summed E-state index contributed by atoms with van der Waals surface area (Å²) in [7, 11) is 0. The quantitative estimate of drug-likeness (QED) is 0.510. The van der Waals surface area contributed by atoms with Crippen LogP contribution in [0.3, 0.4) is 0 Å². The van der Waals surface area contributed by atoms with E-state index in [-0.39, 0.29) is 6.42 Å². The Balaban J connectivity index is 1.85. The molecular formula is C17H23N5O3S. The second kappa shape index (κ2) is 9.81. The van der Waals surface area contributed by atoms with E-state index < -0.39 is 11.9 Å². The third-order valence-corrected chi connectivity index (χ3v) is 4.59. The molecule has 0 aliphatic rings. The number of thioether (sulfide) groups is 1. The highest BCUT2D eigenvalue weighted by molar-refractivity contribution is 7.99. The number of anilines is 1. The Morgan fingerprint density at radius 3 is 2.50 bits per heavy atom. The van der Waals surface area contributed by atoms with Gasteiger partial charge >= 0.3 is 6.03 Å². The van der Waals surface area contributed by atoms with E-state index >= 15 is 0 Å². The fourth-order valence-corrected chi connectivity index (χ4v) is 3.08. The van der Waals surface area contributed by atoms with Crippen molar-refractivity contribution in [2.24, 2.45) is 5.73 Å². The van der Waals surface area contributed by atoms with Crippen LogP contribution >= 0.6 is 11.8 Å². The number of amides is 3. The topological polar surface area (TPSA) is 114 Å². The monoisotopic (exact) mass is 377 g/mol. The van der Waals surface area contributed by atoms with Crippen molar-refractivity contribution in [2.45, 2.75) is 31.9 Å². The molecule has 8 nitrogen and oxygen atoms in total. The largest absolute Gasteiger partial charge is 0.411 e. The number of rotatable bonds is 9. The Labute approximate surface area is 156 Å². The van der Waals surface area contributed by atoms with Crippen LogP contribution in [0, 0.1) is 0 Å². The maximum absolute atomic E-state index is 11.3. The van der Waals surface area contributed by atoms with E-state index in [1.165, 1.54) is 11.8 Å². The van der Waals surface area contributed by atoms with Crippen LogP contribution in [-0.4, -0.2) is 41.0 Å². The van der Waals surface area contributed by atoms with Crippen molar-refractivity contribution in [1.29, 1.82) is 0 Å². The summed E-state index contributed by atoms with van der Waals surface area (Å²) in [6, 6.07) is 7.16. The maximum Gasteiger partial charge on any atom is 0.318 e. The Morgan fingerprint density at radius 1 is 1.19 bits per heavy atom. The van der Waals surface area contributed by atoms with Crippen LogP contribution in [-0.2, 0) is 4.79 Å². The predicted molar refractivity (Wildman–Crippen MR) is 101 cm³/mol. The summed E-state index contributed by atoms with van der Waals surface area (Å²) in [4.78, 5) is 24.1. The number of nitrogens with two attached hydrogens (primary N) is 1. The minimum absolute atomic E-state index is 0.212. The van der Waals surface area contributed by atoms with E-state index in [1.807, 2.05) is 29.6 Å². The minimum atomic E-state index is -0.837. The number of benzene rings is 1. The van der Waals surface area contributed by atoms with E-state index in [1.54, 1.807) is 0 Å². The molecule has 1 heterocycles. The van der Waals surface area contributed by atoms with Crippen molar-refractivity contribution in [2.75, 3.05) is 23.7 Å². The molecule has 0 radical (unpaired) electrons. The first-order chi connectivity index (χ1) is 12.5. The van der Waals surface area contributed by atoms with Crippen LogP contribution in [0.1, 0.15) is 26.7 Å². The molecule has 3 amide bonds. The second-order valence-corrected chi connectivity index (χ2v) is 6.50. The highest BCUT2D eigenvalue weighted by Gasteiger charge is 2.11. The molecule has 0 saturated heterocycles. The number of hydrogen-bond donors (Lipinski definition) is 2. The summed E-state index contributed by atoms with van der Waals surface area (Å²) in [6.07, 6.45) is 0.782. The molecule has 0 aliphatic carbocycles. The fourth-order valence-electron chi connectivity index (χ4n) is 2.38. The first-order valence-corrected chi connectivity index (χ1v) is 9.43. The first kappa shape index (κ1) is 19.8. The highest BCUT2D eigenvalue weighted by atomic mass is 32.2. The number of primary amides is 1. The zero-order chi connectivity index (χ0) is 18.9. The van der Waals surface area contributed by atoms with Gasteiger partial charge in [0.1, 0.15) is 0 Å². The molecule has 140 valence electrons. The Morgan fingerprint density at radius 2 is 1.88 bits per heavy atom. The van der Waals surface area contributed by atoms with Gasteiger partial charge in [0.05, 0.1) is 0 Å². The summed E-state index contributed by atoms with van der Waals surface area (Å²) < 4.78 is 5.65. The van der Waals surface area contributed by atoms with E-state index in [0.717, 1.165) is 24.3 Å². The van der Waals surface area contributed by atoms with Gasteiger partial charge in [0, 0.05) is 36.5 Å². The molecule has 2 rings (SSSR count). The SMILES string of the molecule is CCN(CC)c1ccc(-c2nnc(SCCCC(=O)NC(N)=O)o2)cc1. The molecule has 1 aromatic heterocycles. The molecule has 1 aromatic carbocycles. The number of carbonyl (C=O) groups excluding carboxylic acids is 2. The van der Waals surface area contributed by atoms with Gasteiger partial charge in [-0.25, -0.2) is 4.79 Å². The van der Waals surface area contributed by atoms with Gasteiger partial charge in [-0.1, -0.05) is 11.8 Å². The number of nitrogens with one attached hydrogen (secondary N) is 1. The molecule has 0 saturated carbocycles. The van der Waals surface area contributed by atoms with Crippen LogP contribution in [0.25, 0.3) is 11.5 Å². The van der Waals surface area contributed by atoms with E-state index in [9.17, 15) is 9.59 Å². The summed E-state index contributed by atoms with van der Waals surface area (Å²) in [5, 5.41) is 10.5. The van der Waals surface area contributed by atoms with Crippen molar-refractivity contribution in [3.8, 4) is 11.5 Å². The number of nitrogens with zero attached hydrogens (tertiary/aromatic N) is 3. The van der Waals surface area contributed by atoms with E-state index in [2.05, 4.69) is 28.9 Å². The van der Waals surface area contributed by atoms with Gasteiger partial charge in [-0.05, 0) is 44.5 Å². The smallest absolute Gasteiger partial charge is 0.318 e. The normalized spacial score (nSPS) is 10.5.